The molecule has 1 heterocycles. The number of nitrogens with one attached hydrogen (secondary N) is 1. The molecule has 1 N–H and O–H groups in total. The van der Waals surface area contributed by atoms with Gasteiger partial charge in [-0.15, -0.1) is 0 Å². The number of anilines is 1. The van der Waals surface area contributed by atoms with E-state index in [1.54, 1.807) is 0 Å². The predicted molar refractivity (Wildman–Crippen MR) is 94.6 cm³/mol. The number of fused-ring (bicyclic) bond motifs is 2. The molecule has 2 aliphatic rings. The van der Waals surface area contributed by atoms with E-state index in [0.717, 1.165) is 41.4 Å². The highest BCUT2D eigenvalue weighted by Gasteiger charge is 2.32. The molecule has 2 atom stereocenters. The number of nitrogens with zero attached hydrogens (tertiary/aromatic N) is 1. The summed E-state index contributed by atoms with van der Waals surface area (Å²) in [6, 6.07) is 14.3. The van der Waals surface area contributed by atoms with Crippen molar-refractivity contribution in [1.82, 2.24) is 4.90 Å². The van der Waals surface area contributed by atoms with Crippen LogP contribution in [-0.2, 0) is 0 Å². The van der Waals surface area contributed by atoms with E-state index >= 15 is 0 Å². The number of carbonyl (C=O) groups excluding carboxylic acids is 1. The van der Waals surface area contributed by atoms with Gasteiger partial charge in [0.2, 0.25) is 0 Å². The van der Waals surface area contributed by atoms with Gasteiger partial charge in [-0.2, -0.15) is 0 Å². The first-order chi connectivity index (χ1) is 11.3. The third-order valence-corrected chi connectivity index (χ3v) is 5.61. The number of piperidine rings is 1. The number of hydrogen-bond acceptors (Lipinski definition) is 1. The number of hydrogen-bond donors (Lipinski definition) is 1. The average Bonchev–Trinajstić information content (AvgIpc) is 2.61. The smallest absolute Gasteiger partial charge is 0.321 e. The minimum Gasteiger partial charge on any atom is -0.324 e. The Hall–Kier alpha value is -2.03. The van der Waals surface area contributed by atoms with Crippen molar-refractivity contribution in [2.75, 3.05) is 18.4 Å². The second-order valence-corrected chi connectivity index (χ2v) is 7.00. The Morgan fingerprint density at radius 2 is 1.74 bits per heavy atom. The predicted octanol–water partition coefficient (Wildman–Crippen LogP) is 4.88. The topological polar surface area (TPSA) is 32.3 Å². The van der Waals surface area contributed by atoms with Crippen LogP contribution in [0.3, 0.4) is 0 Å². The minimum atomic E-state index is 0.0605. The molecule has 0 bridgehead atoms. The van der Waals surface area contributed by atoms with Crippen LogP contribution in [0.4, 0.5) is 10.5 Å². The van der Waals surface area contributed by atoms with Crippen LogP contribution in [0, 0.1) is 11.8 Å². The Balaban J connectivity index is 1.49. The summed E-state index contributed by atoms with van der Waals surface area (Å²) in [7, 11) is 0. The summed E-state index contributed by atoms with van der Waals surface area (Å²) in [5, 5.41) is 5.41. The van der Waals surface area contributed by atoms with Crippen LogP contribution in [0.25, 0.3) is 10.8 Å². The zero-order valence-corrected chi connectivity index (χ0v) is 13.5. The molecule has 0 aromatic heterocycles. The van der Waals surface area contributed by atoms with E-state index in [-0.39, 0.29) is 6.03 Å². The molecule has 1 saturated heterocycles. The Morgan fingerprint density at radius 1 is 0.957 bits per heavy atom. The minimum absolute atomic E-state index is 0.0605. The molecule has 23 heavy (non-hydrogen) atoms. The Bertz CT molecular complexity index is 706. The van der Waals surface area contributed by atoms with Crippen LogP contribution in [0.5, 0.6) is 0 Å². The molecule has 1 saturated carbocycles. The second-order valence-electron chi connectivity index (χ2n) is 7.00. The van der Waals surface area contributed by atoms with Crippen LogP contribution in [0.1, 0.15) is 32.1 Å². The second kappa shape index (κ2) is 6.23. The van der Waals surface area contributed by atoms with Crippen molar-refractivity contribution in [2.24, 2.45) is 11.8 Å². The molecular weight excluding hydrogens is 284 g/mol. The largest absolute Gasteiger partial charge is 0.324 e. The zero-order chi connectivity index (χ0) is 15.6. The first kappa shape index (κ1) is 14.6. The highest BCUT2D eigenvalue weighted by Crippen LogP contribution is 2.36. The summed E-state index contributed by atoms with van der Waals surface area (Å²) in [5.74, 6) is 1.57. The highest BCUT2D eigenvalue weighted by molar-refractivity contribution is 6.01. The average molecular weight is 308 g/mol. The van der Waals surface area contributed by atoms with Crippen molar-refractivity contribution in [2.45, 2.75) is 32.1 Å². The lowest BCUT2D eigenvalue weighted by atomic mass is 9.75. The fourth-order valence-corrected chi connectivity index (χ4v) is 4.31. The summed E-state index contributed by atoms with van der Waals surface area (Å²) in [4.78, 5) is 14.7. The van der Waals surface area contributed by atoms with Crippen LogP contribution in [0.2, 0.25) is 0 Å². The maximum Gasteiger partial charge on any atom is 0.321 e. The van der Waals surface area contributed by atoms with Gasteiger partial charge in [-0.1, -0.05) is 55.7 Å². The molecule has 1 aliphatic carbocycles. The number of rotatable bonds is 1. The van der Waals surface area contributed by atoms with E-state index in [1.165, 1.54) is 32.1 Å². The molecule has 3 nitrogen and oxygen atoms in total. The van der Waals surface area contributed by atoms with Crippen LogP contribution in [-0.4, -0.2) is 24.0 Å². The van der Waals surface area contributed by atoms with Crippen molar-refractivity contribution in [3.8, 4) is 0 Å². The lowest BCUT2D eigenvalue weighted by Gasteiger charge is -2.41. The number of carbonyl (C=O) groups is 1. The fraction of sp³-hybridized carbons (Fsp3) is 0.450. The number of amides is 2. The lowest BCUT2D eigenvalue weighted by molar-refractivity contribution is 0.108. The first-order valence-electron chi connectivity index (χ1n) is 8.85. The summed E-state index contributed by atoms with van der Waals surface area (Å²) in [5.41, 5.74) is 0.916. The molecule has 2 fully saturated rings. The Labute approximate surface area is 137 Å². The van der Waals surface area contributed by atoms with E-state index in [1.807, 2.05) is 29.2 Å². The fourth-order valence-electron chi connectivity index (χ4n) is 4.31. The van der Waals surface area contributed by atoms with Gasteiger partial charge >= 0.3 is 6.03 Å². The standard InChI is InChI=1S/C20H24N2O/c23-20(22-13-12-15-6-1-2-8-17(15)14-22)21-19-11-5-9-16-7-3-4-10-18(16)19/h3-5,7,9-11,15,17H,1-2,6,8,12-14H2,(H,21,23)/t15-,17+/m0/s1. The van der Waals surface area contributed by atoms with Gasteiger partial charge in [-0.25, -0.2) is 4.79 Å². The molecule has 1 aliphatic heterocycles. The molecule has 120 valence electrons. The summed E-state index contributed by atoms with van der Waals surface area (Å²) in [6.45, 7) is 1.83. The molecule has 0 radical (unpaired) electrons. The van der Waals surface area contributed by atoms with Gasteiger partial charge in [-0.05, 0) is 36.1 Å². The Morgan fingerprint density at radius 3 is 2.65 bits per heavy atom. The quantitative estimate of drug-likeness (QED) is 0.799. The van der Waals surface area contributed by atoms with Crippen LogP contribution < -0.4 is 5.32 Å². The summed E-state index contributed by atoms with van der Waals surface area (Å²) < 4.78 is 0. The van der Waals surface area contributed by atoms with Gasteiger partial charge in [0.05, 0.1) is 5.69 Å². The molecule has 2 amide bonds. The molecule has 0 spiro atoms. The maximum atomic E-state index is 12.7. The van der Waals surface area contributed by atoms with Crippen molar-refractivity contribution >= 4 is 22.5 Å². The van der Waals surface area contributed by atoms with Gasteiger partial charge in [0.15, 0.2) is 0 Å². The molecule has 2 aromatic rings. The van der Waals surface area contributed by atoms with Crippen LogP contribution >= 0.6 is 0 Å². The van der Waals surface area contributed by atoms with Crippen molar-refractivity contribution in [1.29, 1.82) is 0 Å². The highest BCUT2D eigenvalue weighted by atomic mass is 16.2. The Kier molecular flexibility index (Phi) is 3.94. The van der Waals surface area contributed by atoms with Crippen LogP contribution in [0.15, 0.2) is 42.5 Å². The molecule has 0 unspecified atom stereocenters. The van der Waals surface area contributed by atoms with E-state index < -0.39 is 0 Å². The van der Waals surface area contributed by atoms with Crippen molar-refractivity contribution < 1.29 is 4.79 Å². The molecular formula is C20H24N2O. The number of urea groups is 1. The zero-order valence-electron chi connectivity index (χ0n) is 13.5. The van der Waals surface area contributed by atoms with Crippen molar-refractivity contribution in [3.05, 3.63) is 42.5 Å². The third-order valence-electron chi connectivity index (χ3n) is 5.61. The summed E-state index contributed by atoms with van der Waals surface area (Å²) in [6.07, 6.45) is 6.54. The van der Waals surface area contributed by atoms with Gasteiger partial charge in [-0.3, -0.25) is 0 Å². The van der Waals surface area contributed by atoms with E-state index in [2.05, 4.69) is 23.5 Å². The lowest BCUT2D eigenvalue weighted by Crippen LogP contribution is -2.46. The van der Waals surface area contributed by atoms with Gasteiger partial charge in [0.1, 0.15) is 0 Å². The normalized spacial score (nSPS) is 24.3. The van der Waals surface area contributed by atoms with E-state index in [4.69, 9.17) is 0 Å². The SMILES string of the molecule is O=C(Nc1cccc2ccccc12)N1CC[C@@H]2CCCC[C@@H]2C1. The van der Waals surface area contributed by atoms with E-state index in [0.29, 0.717) is 0 Å². The molecule has 3 heteroatoms. The number of benzene rings is 2. The number of likely N-dealkylation sites (tertiary alicyclic amines) is 1. The van der Waals surface area contributed by atoms with Gasteiger partial charge in [0, 0.05) is 18.5 Å². The van der Waals surface area contributed by atoms with Gasteiger partial charge < -0.3 is 10.2 Å². The monoisotopic (exact) mass is 308 g/mol. The van der Waals surface area contributed by atoms with Gasteiger partial charge in [0.25, 0.3) is 0 Å². The molecule has 2 aromatic carbocycles. The maximum absolute atomic E-state index is 12.7. The first-order valence-corrected chi connectivity index (χ1v) is 8.85. The summed E-state index contributed by atoms with van der Waals surface area (Å²) >= 11 is 0. The van der Waals surface area contributed by atoms with E-state index in [9.17, 15) is 4.79 Å². The molecule has 4 rings (SSSR count). The third kappa shape index (κ3) is 2.92. The van der Waals surface area contributed by atoms with Crippen molar-refractivity contribution in [3.63, 3.8) is 0 Å².